The quantitative estimate of drug-likeness (QED) is 0.796. The van der Waals surface area contributed by atoms with E-state index in [1.165, 1.54) is 25.0 Å². The number of hydrogen-bond acceptors (Lipinski definition) is 4. The highest BCUT2D eigenvalue weighted by Gasteiger charge is 2.24. The predicted molar refractivity (Wildman–Crippen MR) is 87.7 cm³/mol. The Labute approximate surface area is 137 Å². The molecule has 1 fully saturated rings. The topological polar surface area (TPSA) is 57.7 Å². The number of nitrogens with zero attached hydrogens (tertiary/aromatic N) is 4. The third-order valence-corrected chi connectivity index (χ3v) is 4.74. The van der Waals surface area contributed by atoms with Gasteiger partial charge >= 0.3 is 0 Å². The van der Waals surface area contributed by atoms with Crippen LogP contribution in [0.2, 0.25) is 0 Å². The Kier molecular flexibility index (Phi) is 3.63. The van der Waals surface area contributed by atoms with Crippen molar-refractivity contribution in [2.75, 3.05) is 11.9 Å². The number of rotatable bonds is 3. The van der Waals surface area contributed by atoms with Crippen LogP contribution in [0.5, 0.6) is 0 Å². The lowest BCUT2D eigenvalue weighted by Crippen LogP contribution is -2.29. The molecular weight excluding hydrogens is 312 g/mol. The molecule has 0 bridgehead atoms. The van der Waals surface area contributed by atoms with Crippen molar-refractivity contribution in [3.05, 3.63) is 35.9 Å². The number of aromatic amines is 1. The zero-order valence-corrected chi connectivity index (χ0v) is 13.3. The van der Waals surface area contributed by atoms with Crippen LogP contribution in [0.15, 0.2) is 24.3 Å². The smallest absolute Gasteiger partial charge is 0.180 e. The van der Waals surface area contributed by atoms with E-state index < -0.39 is 11.6 Å². The second-order valence-corrected chi connectivity index (χ2v) is 6.19. The van der Waals surface area contributed by atoms with Crippen LogP contribution in [0.25, 0.3) is 22.3 Å². The Morgan fingerprint density at radius 3 is 2.75 bits per heavy atom. The summed E-state index contributed by atoms with van der Waals surface area (Å²) < 4.78 is 27.5. The molecule has 0 amide bonds. The van der Waals surface area contributed by atoms with E-state index >= 15 is 0 Å². The van der Waals surface area contributed by atoms with E-state index in [9.17, 15) is 8.78 Å². The normalized spacial score (nSPS) is 15.3. The van der Waals surface area contributed by atoms with Crippen LogP contribution < -0.4 is 4.90 Å². The van der Waals surface area contributed by atoms with E-state index in [2.05, 4.69) is 25.3 Å². The number of halogens is 2. The molecule has 0 saturated heterocycles. The van der Waals surface area contributed by atoms with E-state index in [1.807, 2.05) is 7.05 Å². The fraction of sp³-hybridized carbons (Fsp3) is 0.353. The van der Waals surface area contributed by atoms with Gasteiger partial charge in [-0.05, 0) is 31.0 Å². The molecule has 0 spiro atoms. The predicted octanol–water partition coefficient (Wildman–Crippen LogP) is 3.68. The summed E-state index contributed by atoms with van der Waals surface area (Å²) in [5, 5.41) is 16.0. The molecule has 1 aliphatic rings. The van der Waals surface area contributed by atoms with E-state index in [0.29, 0.717) is 17.4 Å². The first-order valence-electron chi connectivity index (χ1n) is 8.04. The number of benzene rings is 1. The summed E-state index contributed by atoms with van der Waals surface area (Å²) in [5.41, 5.74) is 0.928. The minimum atomic E-state index is -0.916. The van der Waals surface area contributed by atoms with Crippen molar-refractivity contribution in [3.63, 3.8) is 0 Å². The van der Waals surface area contributed by atoms with Crippen LogP contribution in [0.4, 0.5) is 14.6 Å². The molecule has 5 nitrogen and oxygen atoms in total. The summed E-state index contributed by atoms with van der Waals surface area (Å²) in [6.45, 7) is 0. The third-order valence-electron chi connectivity index (χ3n) is 4.74. The van der Waals surface area contributed by atoms with Crippen LogP contribution >= 0.6 is 0 Å². The molecule has 1 aliphatic carbocycles. The fourth-order valence-electron chi connectivity index (χ4n) is 3.38. The lowest BCUT2D eigenvalue weighted by atomic mass is 10.1. The highest BCUT2D eigenvalue weighted by atomic mass is 19.2. The maximum Gasteiger partial charge on any atom is 0.180 e. The van der Waals surface area contributed by atoms with Crippen molar-refractivity contribution in [2.45, 2.75) is 31.7 Å². The van der Waals surface area contributed by atoms with E-state index in [1.54, 1.807) is 6.07 Å². The van der Waals surface area contributed by atoms with Crippen LogP contribution in [0.1, 0.15) is 25.7 Å². The Morgan fingerprint density at radius 1 is 1.17 bits per heavy atom. The average Bonchev–Trinajstić information content (AvgIpc) is 3.25. The van der Waals surface area contributed by atoms with Gasteiger partial charge in [0.05, 0.1) is 11.1 Å². The van der Waals surface area contributed by atoms with Gasteiger partial charge < -0.3 is 4.90 Å². The standard InChI is InChI=1S/C17H17F2N5/c1-24(10-5-2-3-6-10)17-12-9-14(20-21-16(12)22-23-17)11-7-4-8-13(18)15(11)19/h4,7-10H,2-3,5-6H2,1H3,(H,21,22,23). The summed E-state index contributed by atoms with van der Waals surface area (Å²) >= 11 is 0. The summed E-state index contributed by atoms with van der Waals surface area (Å²) in [4.78, 5) is 2.14. The summed E-state index contributed by atoms with van der Waals surface area (Å²) in [7, 11) is 2.01. The second-order valence-electron chi connectivity index (χ2n) is 6.19. The Hall–Kier alpha value is -2.57. The number of nitrogens with one attached hydrogen (secondary N) is 1. The Bertz CT molecular complexity index is 886. The zero-order chi connectivity index (χ0) is 16.7. The van der Waals surface area contributed by atoms with Gasteiger partial charge in [0.2, 0.25) is 0 Å². The molecule has 0 aliphatic heterocycles. The molecule has 2 heterocycles. The molecule has 1 saturated carbocycles. The lowest BCUT2D eigenvalue weighted by molar-refractivity contribution is 0.511. The van der Waals surface area contributed by atoms with Gasteiger partial charge in [-0.25, -0.2) is 8.78 Å². The molecule has 1 N–H and O–H groups in total. The van der Waals surface area contributed by atoms with Crippen LogP contribution in [-0.4, -0.2) is 33.5 Å². The van der Waals surface area contributed by atoms with Crippen molar-refractivity contribution < 1.29 is 8.78 Å². The summed E-state index contributed by atoms with van der Waals surface area (Å²) in [6.07, 6.45) is 4.71. The van der Waals surface area contributed by atoms with Crippen LogP contribution in [0, 0.1) is 11.6 Å². The molecular formula is C17H17F2N5. The molecule has 4 rings (SSSR count). The van der Waals surface area contributed by atoms with E-state index in [-0.39, 0.29) is 5.56 Å². The van der Waals surface area contributed by atoms with Gasteiger partial charge in [0.1, 0.15) is 0 Å². The second kappa shape index (κ2) is 5.81. The number of hydrogen-bond donors (Lipinski definition) is 1. The number of anilines is 1. The Balaban J connectivity index is 1.79. The first kappa shape index (κ1) is 15.0. The van der Waals surface area contributed by atoms with Gasteiger partial charge in [-0.3, -0.25) is 5.10 Å². The first-order valence-corrected chi connectivity index (χ1v) is 8.04. The first-order chi connectivity index (χ1) is 11.6. The van der Waals surface area contributed by atoms with Gasteiger partial charge in [0, 0.05) is 18.7 Å². The van der Waals surface area contributed by atoms with Gasteiger partial charge in [-0.2, -0.15) is 5.10 Å². The molecule has 7 heteroatoms. The van der Waals surface area contributed by atoms with Gasteiger partial charge in [-0.15, -0.1) is 10.2 Å². The highest BCUT2D eigenvalue weighted by molar-refractivity contribution is 5.89. The van der Waals surface area contributed by atoms with Crippen molar-refractivity contribution in [1.82, 2.24) is 20.4 Å². The van der Waals surface area contributed by atoms with Crippen LogP contribution in [-0.2, 0) is 0 Å². The molecule has 2 aromatic heterocycles. The van der Waals surface area contributed by atoms with E-state index in [4.69, 9.17) is 0 Å². The number of fused-ring (bicyclic) bond motifs is 1. The monoisotopic (exact) mass is 329 g/mol. The van der Waals surface area contributed by atoms with Crippen molar-refractivity contribution in [3.8, 4) is 11.3 Å². The maximum absolute atomic E-state index is 14.0. The summed E-state index contributed by atoms with van der Waals surface area (Å²) in [6, 6.07) is 6.20. The molecule has 0 atom stereocenters. The SMILES string of the molecule is CN(c1n[nH]c2nnc(-c3cccc(F)c3F)cc12)C1CCCC1. The Morgan fingerprint density at radius 2 is 1.96 bits per heavy atom. The van der Waals surface area contributed by atoms with Crippen LogP contribution in [0.3, 0.4) is 0 Å². The zero-order valence-electron chi connectivity index (χ0n) is 13.3. The third kappa shape index (κ3) is 2.40. The maximum atomic E-state index is 14.0. The van der Waals surface area contributed by atoms with Gasteiger partial charge in [-0.1, -0.05) is 18.9 Å². The molecule has 124 valence electrons. The largest absolute Gasteiger partial charge is 0.355 e. The van der Waals surface area contributed by atoms with Crippen molar-refractivity contribution >= 4 is 16.9 Å². The molecule has 3 aromatic rings. The molecule has 24 heavy (non-hydrogen) atoms. The van der Waals surface area contributed by atoms with Crippen molar-refractivity contribution in [1.29, 1.82) is 0 Å². The van der Waals surface area contributed by atoms with Gasteiger partial charge in [0.15, 0.2) is 23.1 Å². The average molecular weight is 329 g/mol. The minimum absolute atomic E-state index is 0.0973. The molecule has 0 unspecified atom stereocenters. The number of aromatic nitrogens is 4. The summed E-state index contributed by atoms with van der Waals surface area (Å²) in [5.74, 6) is -1.05. The fourth-order valence-corrected chi connectivity index (χ4v) is 3.38. The van der Waals surface area contributed by atoms with E-state index in [0.717, 1.165) is 30.1 Å². The van der Waals surface area contributed by atoms with Gasteiger partial charge in [0.25, 0.3) is 0 Å². The minimum Gasteiger partial charge on any atom is -0.355 e. The highest BCUT2D eigenvalue weighted by Crippen LogP contribution is 2.32. The van der Waals surface area contributed by atoms with Crippen molar-refractivity contribution in [2.24, 2.45) is 0 Å². The molecule has 0 radical (unpaired) electrons. The lowest BCUT2D eigenvalue weighted by Gasteiger charge is -2.24. The number of H-pyrrole nitrogens is 1. The molecule has 1 aromatic carbocycles.